The monoisotopic (exact) mass is 487 g/mol. The molecule has 1 unspecified atom stereocenters. The van der Waals surface area contributed by atoms with E-state index >= 15 is 0 Å². The Labute approximate surface area is 205 Å². The van der Waals surface area contributed by atoms with Crippen LogP contribution in [0.25, 0.3) is 5.76 Å². The predicted molar refractivity (Wildman–Crippen MR) is 132 cm³/mol. The van der Waals surface area contributed by atoms with Crippen molar-refractivity contribution in [3.8, 4) is 5.75 Å². The third kappa shape index (κ3) is 4.39. The molecule has 0 aliphatic carbocycles. The summed E-state index contributed by atoms with van der Waals surface area (Å²) in [7, 11) is 1.43. The number of anilines is 2. The summed E-state index contributed by atoms with van der Waals surface area (Å²) < 4.78 is 5.47. The van der Waals surface area contributed by atoms with Crippen molar-refractivity contribution in [3.63, 3.8) is 0 Å². The molecule has 4 rings (SSSR count). The summed E-state index contributed by atoms with van der Waals surface area (Å²) in [5.41, 5.74) is 0.571. The van der Waals surface area contributed by atoms with E-state index in [4.69, 9.17) is 4.74 Å². The van der Waals surface area contributed by atoms with Gasteiger partial charge in [-0.15, -0.1) is 0 Å². The predicted octanol–water partition coefficient (Wildman–Crippen LogP) is 4.19. The van der Waals surface area contributed by atoms with Crippen LogP contribution in [0.5, 0.6) is 5.75 Å². The lowest BCUT2D eigenvalue weighted by Gasteiger charge is -2.27. The van der Waals surface area contributed by atoms with E-state index in [9.17, 15) is 29.6 Å². The number of benzene rings is 3. The van der Waals surface area contributed by atoms with Crippen molar-refractivity contribution < 1.29 is 29.2 Å². The van der Waals surface area contributed by atoms with Gasteiger partial charge in [-0.3, -0.25) is 29.4 Å². The Morgan fingerprint density at radius 1 is 1.06 bits per heavy atom. The molecule has 1 aliphatic rings. The van der Waals surface area contributed by atoms with Gasteiger partial charge in [-0.1, -0.05) is 36.4 Å². The normalized spacial score (nSPS) is 16.6. The number of non-ortho nitro benzene ring substituents is 1. The number of hydrogen-bond acceptors (Lipinski definition) is 7. The van der Waals surface area contributed by atoms with Crippen LogP contribution in [0, 0.1) is 10.1 Å². The number of nitrogens with one attached hydrogen (secondary N) is 1. The molecule has 3 aromatic carbocycles. The zero-order valence-electron chi connectivity index (χ0n) is 19.3. The molecule has 0 radical (unpaired) electrons. The Bertz CT molecular complexity index is 1430. The molecular weight excluding hydrogens is 466 g/mol. The number of nitro groups is 1. The molecule has 0 spiro atoms. The second kappa shape index (κ2) is 9.71. The van der Waals surface area contributed by atoms with E-state index < -0.39 is 28.4 Å². The molecule has 2 amide bonds. The quantitative estimate of drug-likeness (QED) is 0.175. The lowest BCUT2D eigenvalue weighted by atomic mass is 9.94. The van der Waals surface area contributed by atoms with Crippen molar-refractivity contribution in [2.24, 2.45) is 0 Å². The first-order valence-corrected chi connectivity index (χ1v) is 10.8. The number of aliphatic hydroxyl groups is 1. The highest BCUT2D eigenvalue weighted by molar-refractivity contribution is 6.51. The number of nitro benzene ring substituents is 1. The lowest BCUT2D eigenvalue weighted by Crippen LogP contribution is -2.29. The maximum Gasteiger partial charge on any atom is 0.300 e. The molecule has 10 heteroatoms. The van der Waals surface area contributed by atoms with Gasteiger partial charge in [-0.25, -0.2) is 0 Å². The molecule has 3 aromatic rings. The topological polar surface area (TPSA) is 139 Å². The average Bonchev–Trinajstić information content (AvgIpc) is 3.13. The molecule has 1 atom stereocenters. The van der Waals surface area contributed by atoms with Gasteiger partial charge in [-0.05, 0) is 24.3 Å². The number of carbonyl (C=O) groups is 3. The van der Waals surface area contributed by atoms with Crippen LogP contribution in [-0.4, -0.2) is 34.7 Å². The summed E-state index contributed by atoms with van der Waals surface area (Å²) in [6.45, 7) is 1.34. The summed E-state index contributed by atoms with van der Waals surface area (Å²) in [6, 6.07) is 17.1. The van der Waals surface area contributed by atoms with Gasteiger partial charge in [0.2, 0.25) is 5.91 Å². The number of nitrogens with zero attached hydrogens (tertiary/aromatic N) is 2. The van der Waals surface area contributed by atoms with Gasteiger partial charge in [0.1, 0.15) is 11.5 Å². The van der Waals surface area contributed by atoms with Gasteiger partial charge in [0.25, 0.3) is 17.4 Å². The van der Waals surface area contributed by atoms with Crippen molar-refractivity contribution in [2.45, 2.75) is 13.0 Å². The lowest BCUT2D eigenvalue weighted by molar-refractivity contribution is -0.384. The van der Waals surface area contributed by atoms with E-state index in [1.165, 1.54) is 43.2 Å². The standard InChI is InChI=1S/C26H21N3O7/c1-15(30)27-17-8-6-9-18(14-17)28-23(20-11-3-4-12-21(20)36-2)22(25(32)26(28)33)24(31)16-7-5-10-19(13-16)29(34)35/h3-14,23,31H,1-2H3,(H,27,30)/b24-22+. The van der Waals surface area contributed by atoms with Crippen LogP contribution in [-0.2, 0) is 14.4 Å². The molecule has 10 nitrogen and oxygen atoms in total. The van der Waals surface area contributed by atoms with Crippen molar-refractivity contribution in [3.05, 3.63) is 99.6 Å². The minimum Gasteiger partial charge on any atom is -0.507 e. The third-order valence-electron chi connectivity index (χ3n) is 5.65. The number of methoxy groups -OCH3 is 1. The van der Waals surface area contributed by atoms with Crippen LogP contribution in [0.3, 0.4) is 0 Å². The number of ether oxygens (including phenoxy) is 1. The first-order valence-electron chi connectivity index (χ1n) is 10.8. The second-order valence-corrected chi connectivity index (χ2v) is 7.95. The van der Waals surface area contributed by atoms with Crippen molar-refractivity contribution >= 4 is 40.4 Å². The van der Waals surface area contributed by atoms with E-state index in [0.29, 0.717) is 17.0 Å². The zero-order chi connectivity index (χ0) is 26.0. The smallest absolute Gasteiger partial charge is 0.300 e. The highest BCUT2D eigenvalue weighted by atomic mass is 16.6. The molecule has 1 fully saturated rings. The molecule has 36 heavy (non-hydrogen) atoms. The van der Waals surface area contributed by atoms with E-state index in [1.54, 1.807) is 42.5 Å². The molecule has 0 saturated carbocycles. The fourth-order valence-electron chi connectivity index (χ4n) is 4.14. The number of rotatable bonds is 6. The molecule has 0 bridgehead atoms. The van der Waals surface area contributed by atoms with E-state index in [2.05, 4.69) is 5.32 Å². The Morgan fingerprint density at radius 2 is 1.78 bits per heavy atom. The summed E-state index contributed by atoms with van der Waals surface area (Å²) in [4.78, 5) is 50.0. The number of Topliss-reactive ketones (excluding diaryl/α,β-unsaturated/α-hetero) is 1. The maximum absolute atomic E-state index is 13.3. The first-order chi connectivity index (χ1) is 17.2. The Kier molecular flexibility index (Phi) is 6.51. The Hall–Kier alpha value is -4.99. The van der Waals surface area contributed by atoms with Crippen molar-refractivity contribution in [1.29, 1.82) is 0 Å². The van der Waals surface area contributed by atoms with Gasteiger partial charge < -0.3 is 15.2 Å². The Balaban J connectivity index is 1.97. The molecule has 1 saturated heterocycles. The summed E-state index contributed by atoms with van der Waals surface area (Å²) >= 11 is 0. The first kappa shape index (κ1) is 24.1. The number of aliphatic hydroxyl groups excluding tert-OH is 1. The van der Waals surface area contributed by atoms with E-state index in [1.807, 2.05) is 0 Å². The molecule has 182 valence electrons. The minimum absolute atomic E-state index is 0.00842. The number of ketones is 1. The summed E-state index contributed by atoms with van der Waals surface area (Å²) in [6.07, 6.45) is 0. The maximum atomic E-state index is 13.3. The largest absolute Gasteiger partial charge is 0.507 e. The van der Waals surface area contributed by atoms with Gasteiger partial charge >= 0.3 is 0 Å². The minimum atomic E-state index is -1.12. The second-order valence-electron chi connectivity index (χ2n) is 7.95. The number of hydrogen-bond donors (Lipinski definition) is 2. The molecule has 1 aliphatic heterocycles. The molecule has 2 N–H and O–H groups in total. The van der Waals surface area contributed by atoms with E-state index in [0.717, 1.165) is 6.07 Å². The van der Waals surface area contributed by atoms with Crippen LogP contribution >= 0.6 is 0 Å². The molecular formula is C26H21N3O7. The van der Waals surface area contributed by atoms with Crippen LogP contribution in [0.1, 0.15) is 24.1 Å². The average molecular weight is 487 g/mol. The fourth-order valence-corrected chi connectivity index (χ4v) is 4.14. The Morgan fingerprint density at radius 3 is 2.47 bits per heavy atom. The van der Waals surface area contributed by atoms with Gasteiger partial charge in [0.05, 0.1) is 23.6 Å². The van der Waals surface area contributed by atoms with Crippen molar-refractivity contribution in [2.75, 3.05) is 17.3 Å². The SMILES string of the molecule is COc1ccccc1C1/C(=C(\O)c2cccc([N+](=O)[O-])c2)C(=O)C(=O)N1c1cccc(NC(C)=O)c1. The van der Waals surface area contributed by atoms with Crippen LogP contribution < -0.4 is 15.0 Å². The highest BCUT2D eigenvalue weighted by Crippen LogP contribution is 2.45. The number of amides is 2. The molecule has 0 aromatic heterocycles. The van der Waals surface area contributed by atoms with Crippen LogP contribution in [0.4, 0.5) is 17.1 Å². The van der Waals surface area contributed by atoms with E-state index in [-0.39, 0.29) is 28.4 Å². The fraction of sp³-hybridized carbons (Fsp3) is 0.115. The zero-order valence-corrected chi connectivity index (χ0v) is 19.3. The van der Waals surface area contributed by atoms with Crippen molar-refractivity contribution in [1.82, 2.24) is 0 Å². The summed E-state index contributed by atoms with van der Waals surface area (Å²) in [5.74, 6) is -2.41. The highest BCUT2D eigenvalue weighted by Gasteiger charge is 2.48. The third-order valence-corrected chi connectivity index (χ3v) is 5.65. The van der Waals surface area contributed by atoms with Gasteiger partial charge in [0, 0.05) is 41.6 Å². The number of carbonyl (C=O) groups excluding carboxylic acids is 3. The molecule has 1 heterocycles. The van der Waals surface area contributed by atoms with Crippen LogP contribution in [0.2, 0.25) is 0 Å². The summed E-state index contributed by atoms with van der Waals surface area (Å²) in [5, 5.41) is 25.1. The van der Waals surface area contributed by atoms with Gasteiger partial charge in [0.15, 0.2) is 0 Å². The number of para-hydroxylation sites is 1. The van der Waals surface area contributed by atoms with Crippen LogP contribution in [0.15, 0.2) is 78.4 Å². The van der Waals surface area contributed by atoms with Gasteiger partial charge in [-0.2, -0.15) is 0 Å².